The van der Waals surface area contributed by atoms with Gasteiger partial charge in [0.1, 0.15) is 0 Å². The molecule has 2 fully saturated rings. The molecule has 3 rings (SSSR count). The SMILES string of the molecule is ClC(CCC1CCOC2(CCSCC2)C1)c1ccccc1. The van der Waals surface area contributed by atoms with Gasteiger partial charge in [-0.05, 0) is 61.5 Å². The molecular weight excluding hydrogens is 300 g/mol. The predicted molar refractivity (Wildman–Crippen MR) is 92.2 cm³/mol. The first-order chi connectivity index (χ1) is 10.3. The molecule has 2 heterocycles. The van der Waals surface area contributed by atoms with Gasteiger partial charge in [0.2, 0.25) is 0 Å². The third-order valence-electron chi connectivity index (χ3n) is 4.99. The van der Waals surface area contributed by atoms with E-state index in [4.69, 9.17) is 16.3 Å². The largest absolute Gasteiger partial charge is 0.375 e. The first-order valence-electron chi connectivity index (χ1n) is 8.18. The van der Waals surface area contributed by atoms with Crippen LogP contribution in [0, 0.1) is 5.92 Å². The third kappa shape index (κ3) is 4.18. The van der Waals surface area contributed by atoms with Crippen molar-refractivity contribution in [3.8, 4) is 0 Å². The Balaban J connectivity index is 1.51. The van der Waals surface area contributed by atoms with Gasteiger partial charge in [-0.2, -0.15) is 11.8 Å². The van der Waals surface area contributed by atoms with E-state index in [2.05, 4.69) is 42.1 Å². The maximum Gasteiger partial charge on any atom is 0.0700 e. The molecule has 0 N–H and O–H groups in total. The Morgan fingerprint density at radius 1 is 1.24 bits per heavy atom. The molecule has 0 bridgehead atoms. The van der Waals surface area contributed by atoms with E-state index in [9.17, 15) is 0 Å². The zero-order chi connectivity index (χ0) is 14.5. The molecule has 116 valence electrons. The summed E-state index contributed by atoms with van der Waals surface area (Å²) in [6.45, 7) is 0.952. The second-order valence-corrected chi connectivity index (χ2v) is 8.21. The van der Waals surface area contributed by atoms with Crippen molar-refractivity contribution in [2.75, 3.05) is 18.1 Å². The van der Waals surface area contributed by atoms with Crippen LogP contribution < -0.4 is 0 Å². The van der Waals surface area contributed by atoms with Crippen LogP contribution in [-0.2, 0) is 4.74 Å². The molecule has 1 nitrogen and oxygen atoms in total. The smallest absolute Gasteiger partial charge is 0.0700 e. The number of hydrogen-bond donors (Lipinski definition) is 0. The summed E-state index contributed by atoms with van der Waals surface area (Å²) in [6, 6.07) is 10.5. The van der Waals surface area contributed by atoms with Gasteiger partial charge >= 0.3 is 0 Å². The Kier molecular flexibility index (Phi) is 5.53. The topological polar surface area (TPSA) is 9.23 Å². The van der Waals surface area contributed by atoms with Crippen LogP contribution in [0.25, 0.3) is 0 Å². The van der Waals surface area contributed by atoms with E-state index in [-0.39, 0.29) is 11.0 Å². The Bertz CT molecular complexity index is 425. The summed E-state index contributed by atoms with van der Waals surface area (Å²) in [5.41, 5.74) is 1.47. The second-order valence-electron chi connectivity index (χ2n) is 6.46. The average molecular weight is 325 g/mol. The Hall–Kier alpha value is -0.180. The molecule has 2 atom stereocenters. The number of thioether (sulfide) groups is 1. The van der Waals surface area contributed by atoms with Crippen molar-refractivity contribution in [3.05, 3.63) is 35.9 Å². The fraction of sp³-hybridized carbons (Fsp3) is 0.667. The summed E-state index contributed by atoms with van der Waals surface area (Å²) in [5.74, 6) is 3.34. The normalized spacial score (nSPS) is 26.6. The minimum Gasteiger partial charge on any atom is -0.375 e. The zero-order valence-electron chi connectivity index (χ0n) is 12.6. The van der Waals surface area contributed by atoms with Crippen LogP contribution in [0.15, 0.2) is 30.3 Å². The molecule has 3 heteroatoms. The molecule has 0 saturated carbocycles. The highest BCUT2D eigenvalue weighted by Gasteiger charge is 2.38. The van der Waals surface area contributed by atoms with Crippen LogP contribution in [0.1, 0.15) is 49.5 Å². The average Bonchev–Trinajstić information content (AvgIpc) is 2.54. The molecule has 0 radical (unpaired) electrons. The van der Waals surface area contributed by atoms with Gasteiger partial charge in [-0.15, -0.1) is 11.6 Å². The van der Waals surface area contributed by atoms with Crippen LogP contribution >= 0.6 is 23.4 Å². The van der Waals surface area contributed by atoms with E-state index in [0.717, 1.165) is 18.9 Å². The highest BCUT2D eigenvalue weighted by atomic mass is 35.5. The van der Waals surface area contributed by atoms with Crippen LogP contribution in [-0.4, -0.2) is 23.7 Å². The summed E-state index contributed by atoms with van der Waals surface area (Å²) < 4.78 is 6.18. The maximum atomic E-state index is 6.57. The van der Waals surface area contributed by atoms with E-state index < -0.39 is 0 Å². The Morgan fingerprint density at radius 2 is 2.00 bits per heavy atom. The number of halogens is 1. The van der Waals surface area contributed by atoms with Gasteiger partial charge in [-0.25, -0.2) is 0 Å². The highest BCUT2D eigenvalue weighted by Crippen LogP contribution is 2.42. The Labute approximate surface area is 137 Å². The van der Waals surface area contributed by atoms with Crippen LogP contribution in [0.2, 0.25) is 0 Å². The minimum absolute atomic E-state index is 0.159. The highest BCUT2D eigenvalue weighted by molar-refractivity contribution is 7.99. The maximum absolute atomic E-state index is 6.57. The number of rotatable bonds is 4. The summed E-state index contributed by atoms with van der Waals surface area (Å²) >= 11 is 8.65. The monoisotopic (exact) mass is 324 g/mol. The number of hydrogen-bond acceptors (Lipinski definition) is 2. The van der Waals surface area contributed by atoms with E-state index in [1.54, 1.807) is 0 Å². The predicted octanol–water partition coefficient (Wildman–Crippen LogP) is 5.44. The van der Waals surface area contributed by atoms with Crippen molar-refractivity contribution < 1.29 is 4.74 Å². The first-order valence-corrected chi connectivity index (χ1v) is 9.77. The van der Waals surface area contributed by atoms with Crippen LogP contribution in [0.5, 0.6) is 0 Å². The first kappa shape index (κ1) is 15.7. The third-order valence-corrected chi connectivity index (χ3v) is 6.44. The molecule has 21 heavy (non-hydrogen) atoms. The molecule has 1 aromatic carbocycles. The van der Waals surface area contributed by atoms with Crippen molar-refractivity contribution in [2.24, 2.45) is 5.92 Å². The van der Waals surface area contributed by atoms with E-state index in [0.29, 0.717) is 0 Å². The van der Waals surface area contributed by atoms with Gasteiger partial charge < -0.3 is 4.74 Å². The lowest BCUT2D eigenvalue weighted by Gasteiger charge is -2.43. The molecule has 0 aromatic heterocycles. The van der Waals surface area contributed by atoms with Crippen molar-refractivity contribution in [2.45, 2.75) is 49.5 Å². The lowest BCUT2D eigenvalue weighted by Crippen LogP contribution is -2.42. The number of alkyl halides is 1. The molecule has 0 amide bonds. The molecule has 2 unspecified atom stereocenters. The van der Waals surface area contributed by atoms with Gasteiger partial charge in [0.25, 0.3) is 0 Å². The molecule has 2 aliphatic heterocycles. The minimum atomic E-state index is 0.159. The fourth-order valence-electron chi connectivity index (χ4n) is 3.68. The fourth-order valence-corrected chi connectivity index (χ4v) is 5.19. The quantitative estimate of drug-likeness (QED) is 0.682. The van der Waals surface area contributed by atoms with Gasteiger partial charge in [-0.3, -0.25) is 0 Å². The van der Waals surface area contributed by atoms with Crippen molar-refractivity contribution >= 4 is 23.4 Å². The lowest BCUT2D eigenvalue weighted by molar-refractivity contribution is -0.103. The van der Waals surface area contributed by atoms with E-state index >= 15 is 0 Å². The lowest BCUT2D eigenvalue weighted by atomic mass is 9.79. The number of ether oxygens (including phenoxy) is 1. The molecule has 2 saturated heterocycles. The van der Waals surface area contributed by atoms with Gasteiger partial charge in [0, 0.05) is 6.61 Å². The zero-order valence-corrected chi connectivity index (χ0v) is 14.2. The van der Waals surface area contributed by atoms with Crippen LogP contribution in [0.3, 0.4) is 0 Å². The number of benzene rings is 1. The van der Waals surface area contributed by atoms with Gasteiger partial charge in [-0.1, -0.05) is 30.3 Å². The Morgan fingerprint density at radius 3 is 2.76 bits per heavy atom. The summed E-state index contributed by atoms with van der Waals surface area (Å²) in [6.07, 6.45) is 7.29. The van der Waals surface area contributed by atoms with Crippen molar-refractivity contribution in [1.29, 1.82) is 0 Å². The van der Waals surface area contributed by atoms with E-state index in [1.807, 2.05) is 0 Å². The summed E-state index contributed by atoms with van der Waals surface area (Å²) in [7, 11) is 0. The molecule has 1 aromatic rings. The van der Waals surface area contributed by atoms with Crippen LogP contribution in [0.4, 0.5) is 0 Å². The molecular formula is C18H25ClOS. The van der Waals surface area contributed by atoms with Crippen molar-refractivity contribution in [1.82, 2.24) is 0 Å². The summed E-state index contributed by atoms with van der Waals surface area (Å²) in [5, 5.41) is 0.159. The molecule has 0 aliphatic carbocycles. The van der Waals surface area contributed by atoms with Crippen molar-refractivity contribution in [3.63, 3.8) is 0 Å². The second kappa shape index (κ2) is 7.39. The molecule has 1 spiro atoms. The van der Waals surface area contributed by atoms with E-state index in [1.165, 1.54) is 49.2 Å². The standard InChI is InChI=1S/C18H25ClOS/c19-17(16-4-2-1-3-5-16)7-6-15-8-11-20-18(14-15)9-12-21-13-10-18/h1-5,15,17H,6-14H2. The van der Waals surface area contributed by atoms with Gasteiger partial charge in [0.15, 0.2) is 0 Å². The molecule has 2 aliphatic rings. The van der Waals surface area contributed by atoms with Gasteiger partial charge in [0.05, 0.1) is 11.0 Å². The summed E-state index contributed by atoms with van der Waals surface area (Å²) in [4.78, 5) is 0.